The van der Waals surface area contributed by atoms with Crippen molar-refractivity contribution in [3.05, 3.63) is 77.0 Å². The summed E-state index contributed by atoms with van der Waals surface area (Å²) in [5.74, 6) is -2.09. The highest BCUT2D eigenvalue weighted by molar-refractivity contribution is 6.06. The second kappa shape index (κ2) is 10.2. The normalized spacial score (nSPS) is 19.0. The van der Waals surface area contributed by atoms with Crippen molar-refractivity contribution in [2.45, 2.75) is 44.8 Å². The van der Waals surface area contributed by atoms with Crippen molar-refractivity contribution in [2.24, 2.45) is 5.92 Å². The maximum Gasteiger partial charge on any atom is 0.416 e. The zero-order valence-corrected chi connectivity index (χ0v) is 21.4. The second-order valence-electron chi connectivity index (χ2n) is 9.53. The Labute approximate surface area is 222 Å². The molecule has 0 unspecified atom stereocenters. The molecule has 0 spiro atoms. The third-order valence-corrected chi connectivity index (χ3v) is 7.03. The van der Waals surface area contributed by atoms with Crippen LogP contribution in [-0.4, -0.2) is 46.8 Å². The molecule has 11 heteroatoms. The van der Waals surface area contributed by atoms with Crippen LogP contribution in [0.2, 0.25) is 0 Å². The number of carbonyl (C=O) groups is 3. The van der Waals surface area contributed by atoms with E-state index < -0.39 is 41.5 Å². The lowest BCUT2D eigenvalue weighted by molar-refractivity contribution is -0.137. The number of nitrogens with zero attached hydrogens (tertiary/aromatic N) is 3. The Kier molecular flexibility index (Phi) is 6.92. The van der Waals surface area contributed by atoms with Crippen LogP contribution < -0.4 is 10.2 Å². The standard InChI is InChI=1S/C28H27F3N4O4/c1-3-34-25-21(23(27(38)39-4-2)33-35(25)19-11-6-5-7-12-19)20(16-13-14-16)22(26(34)37)32-24(36)17-9-8-10-18(15-17)28(29,30)31/h5-12,15-16,20,22H,3-4,13-14H2,1-2H3,(H,32,36)/t20-,22-/m0/s1. The van der Waals surface area contributed by atoms with Gasteiger partial charge in [-0.3, -0.25) is 14.5 Å². The average Bonchev–Trinajstić information content (AvgIpc) is 3.69. The highest BCUT2D eigenvalue weighted by Gasteiger charge is 2.52. The van der Waals surface area contributed by atoms with E-state index in [0.717, 1.165) is 31.0 Å². The number of para-hydroxylation sites is 1. The summed E-state index contributed by atoms with van der Waals surface area (Å²) in [5, 5.41) is 7.30. The maximum absolute atomic E-state index is 13.9. The number of likely N-dealkylation sites (N-methyl/N-ethyl adjacent to an activating group) is 1. The first-order valence-electron chi connectivity index (χ1n) is 12.8. The van der Waals surface area contributed by atoms with Crippen LogP contribution >= 0.6 is 0 Å². The molecule has 5 rings (SSSR count). The smallest absolute Gasteiger partial charge is 0.416 e. The monoisotopic (exact) mass is 540 g/mol. The summed E-state index contributed by atoms with van der Waals surface area (Å²) >= 11 is 0. The van der Waals surface area contributed by atoms with E-state index in [0.29, 0.717) is 17.1 Å². The molecule has 1 aliphatic heterocycles. The van der Waals surface area contributed by atoms with Gasteiger partial charge in [-0.25, -0.2) is 9.48 Å². The lowest BCUT2D eigenvalue weighted by Crippen LogP contribution is -2.56. The number of hydrogen-bond donors (Lipinski definition) is 1. The van der Waals surface area contributed by atoms with Gasteiger partial charge in [0.15, 0.2) is 5.69 Å². The van der Waals surface area contributed by atoms with Crippen molar-refractivity contribution < 1.29 is 32.3 Å². The number of amides is 2. The van der Waals surface area contributed by atoms with Gasteiger partial charge in [-0.2, -0.15) is 18.3 Å². The molecule has 1 aliphatic carbocycles. The van der Waals surface area contributed by atoms with Crippen LogP contribution in [0.3, 0.4) is 0 Å². The first-order chi connectivity index (χ1) is 18.7. The zero-order valence-electron chi connectivity index (χ0n) is 21.4. The fourth-order valence-corrected chi connectivity index (χ4v) is 5.16. The van der Waals surface area contributed by atoms with E-state index in [-0.39, 0.29) is 30.3 Å². The summed E-state index contributed by atoms with van der Waals surface area (Å²) in [6.45, 7) is 3.76. The van der Waals surface area contributed by atoms with Crippen molar-refractivity contribution in [2.75, 3.05) is 18.1 Å². The van der Waals surface area contributed by atoms with E-state index in [2.05, 4.69) is 10.4 Å². The number of anilines is 1. The Bertz CT molecular complexity index is 1420. The molecule has 3 aromatic rings. The van der Waals surface area contributed by atoms with E-state index in [1.165, 1.54) is 11.0 Å². The summed E-state index contributed by atoms with van der Waals surface area (Å²) in [4.78, 5) is 41.7. The molecule has 1 saturated carbocycles. The first kappa shape index (κ1) is 26.5. The van der Waals surface area contributed by atoms with Crippen molar-refractivity contribution in [1.82, 2.24) is 15.1 Å². The van der Waals surface area contributed by atoms with Crippen LogP contribution in [0.15, 0.2) is 54.6 Å². The molecule has 204 valence electrons. The predicted octanol–water partition coefficient (Wildman–Crippen LogP) is 4.73. The number of rotatable bonds is 7. The Morgan fingerprint density at radius 2 is 1.79 bits per heavy atom. The van der Waals surface area contributed by atoms with Gasteiger partial charge in [-0.15, -0.1) is 0 Å². The second-order valence-corrected chi connectivity index (χ2v) is 9.53. The van der Waals surface area contributed by atoms with E-state index in [4.69, 9.17) is 4.74 Å². The van der Waals surface area contributed by atoms with Gasteiger partial charge in [0.1, 0.15) is 11.9 Å². The van der Waals surface area contributed by atoms with Crippen molar-refractivity contribution in [1.29, 1.82) is 0 Å². The summed E-state index contributed by atoms with van der Waals surface area (Å²) in [5.41, 5.74) is 0.00527. The molecule has 8 nitrogen and oxygen atoms in total. The molecule has 39 heavy (non-hydrogen) atoms. The SMILES string of the molecule is CCOC(=O)c1nn(-c2ccccc2)c2c1[C@H](C1CC1)[C@H](NC(=O)c1cccc(C(F)(F)F)c1)C(=O)N2CC. The molecular weight excluding hydrogens is 513 g/mol. The molecule has 2 heterocycles. The average molecular weight is 541 g/mol. The molecule has 2 aliphatic rings. The lowest BCUT2D eigenvalue weighted by atomic mass is 9.82. The lowest BCUT2D eigenvalue weighted by Gasteiger charge is -2.38. The molecule has 1 aromatic heterocycles. The number of benzene rings is 2. The van der Waals surface area contributed by atoms with E-state index in [1.807, 2.05) is 18.2 Å². The number of aromatic nitrogens is 2. The Morgan fingerprint density at radius 1 is 1.08 bits per heavy atom. The van der Waals surface area contributed by atoms with Gasteiger partial charge in [0, 0.05) is 23.6 Å². The number of hydrogen-bond acceptors (Lipinski definition) is 5. The molecular formula is C28H27F3N4O4. The highest BCUT2D eigenvalue weighted by atomic mass is 19.4. The van der Waals surface area contributed by atoms with Crippen molar-refractivity contribution in [3.8, 4) is 5.69 Å². The molecule has 2 aromatic carbocycles. The van der Waals surface area contributed by atoms with Crippen LogP contribution in [0.1, 0.15) is 64.6 Å². The number of esters is 1. The van der Waals surface area contributed by atoms with Gasteiger partial charge in [-0.1, -0.05) is 24.3 Å². The van der Waals surface area contributed by atoms with Crippen LogP contribution in [0.5, 0.6) is 0 Å². The number of fused-ring (bicyclic) bond motifs is 1. The van der Waals surface area contributed by atoms with Crippen LogP contribution in [0.4, 0.5) is 19.0 Å². The molecule has 0 bridgehead atoms. The summed E-state index contributed by atoms with van der Waals surface area (Å²) < 4.78 is 46.7. The highest BCUT2D eigenvalue weighted by Crippen LogP contribution is 2.51. The van der Waals surface area contributed by atoms with Gasteiger partial charge < -0.3 is 10.1 Å². The number of carbonyl (C=O) groups excluding carboxylic acids is 3. The van der Waals surface area contributed by atoms with Crippen molar-refractivity contribution in [3.63, 3.8) is 0 Å². The minimum atomic E-state index is -4.62. The quantitative estimate of drug-likeness (QED) is 0.438. The largest absolute Gasteiger partial charge is 0.461 e. The maximum atomic E-state index is 13.9. The topological polar surface area (TPSA) is 93.5 Å². The molecule has 0 radical (unpaired) electrons. The Hall–Kier alpha value is -4.15. The Balaban J connectivity index is 1.62. The van der Waals surface area contributed by atoms with Gasteiger partial charge in [0.25, 0.3) is 11.8 Å². The van der Waals surface area contributed by atoms with Crippen molar-refractivity contribution >= 4 is 23.6 Å². The zero-order chi connectivity index (χ0) is 27.9. The number of ether oxygens (including phenoxy) is 1. The molecule has 1 N–H and O–H groups in total. The fraction of sp³-hybridized carbons (Fsp3) is 0.357. The first-order valence-corrected chi connectivity index (χ1v) is 12.8. The van der Waals surface area contributed by atoms with Crippen LogP contribution in [0.25, 0.3) is 5.69 Å². The van der Waals surface area contributed by atoms with Gasteiger partial charge in [0.2, 0.25) is 0 Å². The summed E-state index contributed by atoms with van der Waals surface area (Å²) in [7, 11) is 0. The third-order valence-electron chi connectivity index (χ3n) is 7.03. The van der Waals surface area contributed by atoms with Crippen LogP contribution in [-0.2, 0) is 15.7 Å². The Morgan fingerprint density at radius 3 is 2.41 bits per heavy atom. The molecule has 2 atom stereocenters. The van der Waals surface area contributed by atoms with E-state index >= 15 is 0 Å². The predicted molar refractivity (Wildman–Crippen MR) is 136 cm³/mol. The third kappa shape index (κ3) is 4.88. The minimum absolute atomic E-state index is 0.0277. The number of nitrogens with one attached hydrogen (secondary N) is 1. The van der Waals surface area contributed by atoms with E-state index in [9.17, 15) is 27.6 Å². The van der Waals surface area contributed by atoms with Gasteiger partial charge in [0.05, 0.1) is 17.9 Å². The number of alkyl halides is 3. The summed E-state index contributed by atoms with van der Waals surface area (Å²) in [6, 6.07) is 12.0. The van der Waals surface area contributed by atoms with Gasteiger partial charge in [-0.05, 0) is 62.9 Å². The molecule has 2 amide bonds. The minimum Gasteiger partial charge on any atom is -0.461 e. The summed E-state index contributed by atoms with van der Waals surface area (Å²) in [6.07, 6.45) is -3.10. The number of halogens is 3. The van der Waals surface area contributed by atoms with Crippen LogP contribution in [0, 0.1) is 5.92 Å². The fourth-order valence-electron chi connectivity index (χ4n) is 5.16. The molecule has 1 fully saturated rings. The molecule has 0 saturated heterocycles. The van der Waals surface area contributed by atoms with Gasteiger partial charge >= 0.3 is 12.1 Å². The van der Waals surface area contributed by atoms with E-state index in [1.54, 1.807) is 30.7 Å².